The Kier molecular flexibility index (Phi) is 2.65. The molecule has 5 atom stereocenters. The van der Waals surface area contributed by atoms with Gasteiger partial charge in [0.25, 0.3) is 0 Å². The van der Waals surface area contributed by atoms with Gasteiger partial charge in [-0.2, -0.15) is 0 Å². The van der Waals surface area contributed by atoms with Crippen LogP contribution in [-0.4, -0.2) is 18.0 Å². The summed E-state index contributed by atoms with van der Waals surface area (Å²) >= 11 is 0. The fraction of sp³-hybridized carbons (Fsp3) is 0.529. The molecule has 1 saturated heterocycles. The second-order valence-electron chi connectivity index (χ2n) is 6.73. The van der Waals surface area contributed by atoms with Crippen LogP contribution in [0.2, 0.25) is 0 Å². The number of rotatable bonds is 2. The van der Waals surface area contributed by atoms with Gasteiger partial charge in [0.15, 0.2) is 0 Å². The third kappa shape index (κ3) is 1.81. The van der Waals surface area contributed by atoms with E-state index in [1.165, 1.54) is 5.56 Å². The summed E-state index contributed by atoms with van der Waals surface area (Å²) in [5.41, 5.74) is 3.07. The number of aryl methyl sites for hydroxylation is 2. The molecular formula is C17H19NO3. The van der Waals surface area contributed by atoms with Crippen LogP contribution in [0, 0.1) is 37.5 Å². The van der Waals surface area contributed by atoms with Crippen molar-refractivity contribution in [2.24, 2.45) is 23.7 Å². The fourth-order valence-corrected chi connectivity index (χ4v) is 4.53. The van der Waals surface area contributed by atoms with E-state index in [9.17, 15) is 9.59 Å². The predicted octanol–water partition coefficient (Wildman–Crippen LogP) is 2.44. The van der Waals surface area contributed by atoms with Crippen molar-refractivity contribution < 1.29 is 14.3 Å². The van der Waals surface area contributed by atoms with Crippen molar-refractivity contribution in [1.29, 1.82) is 0 Å². The molecule has 1 aromatic carbocycles. The molecule has 4 rings (SSSR count). The summed E-state index contributed by atoms with van der Waals surface area (Å²) < 4.78 is 5.39. The summed E-state index contributed by atoms with van der Waals surface area (Å²) in [6.45, 7) is 4.02. The maximum absolute atomic E-state index is 12.7. The first-order valence-corrected chi connectivity index (χ1v) is 7.63. The number of hydrogen-bond acceptors (Lipinski definition) is 3. The fourth-order valence-electron chi connectivity index (χ4n) is 4.53. The predicted molar refractivity (Wildman–Crippen MR) is 77.6 cm³/mol. The number of amides is 1. The van der Waals surface area contributed by atoms with Crippen molar-refractivity contribution in [1.82, 2.24) is 0 Å². The minimum atomic E-state index is -0.209. The zero-order valence-corrected chi connectivity index (χ0v) is 12.3. The number of benzene rings is 1. The van der Waals surface area contributed by atoms with Crippen LogP contribution < -0.4 is 5.32 Å². The quantitative estimate of drug-likeness (QED) is 0.849. The number of anilines is 1. The minimum Gasteiger partial charge on any atom is -0.462 e. The highest BCUT2D eigenvalue weighted by molar-refractivity contribution is 5.97. The van der Waals surface area contributed by atoms with Crippen molar-refractivity contribution in [3.8, 4) is 0 Å². The van der Waals surface area contributed by atoms with Crippen molar-refractivity contribution in [3.63, 3.8) is 0 Å². The third-order valence-electron chi connectivity index (χ3n) is 5.43. The van der Waals surface area contributed by atoms with Gasteiger partial charge in [-0.25, -0.2) is 0 Å². The number of nitrogens with one attached hydrogen (secondary N) is 1. The van der Waals surface area contributed by atoms with E-state index in [0.29, 0.717) is 5.92 Å². The molecule has 0 unspecified atom stereocenters. The van der Waals surface area contributed by atoms with Crippen molar-refractivity contribution in [2.75, 3.05) is 5.32 Å². The Labute approximate surface area is 123 Å². The summed E-state index contributed by atoms with van der Waals surface area (Å²) in [5, 5.41) is 3.02. The van der Waals surface area contributed by atoms with E-state index in [0.717, 1.165) is 24.1 Å². The first-order chi connectivity index (χ1) is 10.0. The molecule has 1 aromatic rings. The molecule has 0 aromatic heterocycles. The van der Waals surface area contributed by atoms with Gasteiger partial charge >= 0.3 is 5.97 Å². The average molecular weight is 285 g/mol. The second kappa shape index (κ2) is 4.33. The van der Waals surface area contributed by atoms with E-state index in [4.69, 9.17) is 4.74 Å². The lowest BCUT2D eigenvalue weighted by Crippen LogP contribution is -2.36. The summed E-state index contributed by atoms with van der Waals surface area (Å²) in [7, 11) is 0. The first-order valence-electron chi connectivity index (χ1n) is 7.63. The molecule has 1 amide bonds. The summed E-state index contributed by atoms with van der Waals surface area (Å²) in [6, 6.07) is 5.98. The van der Waals surface area contributed by atoms with Crippen molar-refractivity contribution in [2.45, 2.75) is 32.8 Å². The highest BCUT2D eigenvalue weighted by Crippen LogP contribution is 2.57. The number of ether oxygens (including phenoxy) is 1. The van der Waals surface area contributed by atoms with Gasteiger partial charge in [0.05, 0.1) is 11.8 Å². The highest BCUT2D eigenvalue weighted by Gasteiger charge is 2.63. The van der Waals surface area contributed by atoms with Gasteiger partial charge in [0, 0.05) is 11.6 Å². The van der Waals surface area contributed by atoms with Crippen LogP contribution in [0.25, 0.3) is 0 Å². The van der Waals surface area contributed by atoms with Gasteiger partial charge in [-0.3, -0.25) is 9.59 Å². The lowest BCUT2D eigenvalue weighted by molar-refractivity contribution is -0.145. The van der Waals surface area contributed by atoms with Gasteiger partial charge in [0.1, 0.15) is 6.10 Å². The van der Waals surface area contributed by atoms with Crippen LogP contribution in [0.3, 0.4) is 0 Å². The van der Waals surface area contributed by atoms with Gasteiger partial charge in [-0.1, -0.05) is 17.7 Å². The maximum atomic E-state index is 12.7. The van der Waals surface area contributed by atoms with Crippen molar-refractivity contribution >= 4 is 17.6 Å². The molecule has 0 radical (unpaired) electrons. The highest BCUT2D eigenvalue weighted by atomic mass is 16.6. The Morgan fingerprint density at radius 2 is 2.10 bits per heavy atom. The molecule has 110 valence electrons. The molecule has 3 fully saturated rings. The lowest BCUT2D eigenvalue weighted by atomic mass is 9.79. The van der Waals surface area contributed by atoms with E-state index in [2.05, 4.69) is 11.4 Å². The van der Waals surface area contributed by atoms with Crippen LogP contribution in [0.4, 0.5) is 5.69 Å². The molecule has 2 aliphatic carbocycles. The van der Waals surface area contributed by atoms with E-state index in [1.54, 1.807) is 0 Å². The van der Waals surface area contributed by atoms with Crippen molar-refractivity contribution in [3.05, 3.63) is 29.3 Å². The smallest absolute Gasteiger partial charge is 0.310 e. The monoisotopic (exact) mass is 285 g/mol. The summed E-state index contributed by atoms with van der Waals surface area (Å²) in [5.74, 6) is -0.0106. The maximum Gasteiger partial charge on any atom is 0.310 e. The van der Waals surface area contributed by atoms with Crippen LogP contribution in [0.5, 0.6) is 0 Å². The van der Waals surface area contributed by atoms with E-state index >= 15 is 0 Å². The van der Waals surface area contributed by atoms with Crippen LogP contribution in [-0.2, 0) is 14.3 Å². The van der Waals surface area contributed by atoms with Crippen LogP contribution in [0.15, 0.2) is 18.2 Å². The molecule has 4 nitrogen and oxygen atoms in total. The molecule has 4 heteroatoms. The molecule has 21 heavy (non-hydrogen) atoms. The van der Waals surface area contributed by atoms with Gasteiger partial charge < -0.3 is 10.1 Å². The molecule has 1 N–H and O–H groups in total. The standard InChI is InChI=1S/C17H19NO3/c1-8-3-4-12(9(2)5-8)18-16(19)14-10-6-11-13(7-10)21-17(20)15(11)14/h3-5,10-11,13-15H,6-7H2,1-2H3,(H,18,19)/t10-,11+,13-,14-,15-/m1/s1. The molecular weight excluding hydrogens is 266 g/mol. The van der Waals surface area contributed by atoms with Crippen LogP contribution >= 0.6 is 0 Å². The van der Waals surface area contributed by atoms with Gasteiger partial charge in [0.2, 0.25) is 5.91 Å². The van der Waals surface area contributed by atoms with Gasteiger partial charge in [-0.15, -0.1) is 0 Å². The molecule has 1 heterocycles. The van der Waals surface area contributed by atoms with E-state index in [-0.39, 0.29) is 35.7 Å². The SMILES string of the molecule is Cc1ccc(NC(=O)[C@@H]2[C@@H]3C[C@@H]4[C@H]2C(=O)O[C@@H]4C3)c(C)c1. The zero-order valence-electron chi connectivity index (χ0n) is 12.3. The molecule has 2 bridgehead atoms. The Hall–Kier alpha value is -1.84. The van der Waals surface area contributed by atoms with Gasteiger partial charge in [-0.05, 0) is 44.2 Å². The normalized spacial score (nSPS) is 35.9. The Morgan fingerprint density at radius 1 is 1.29 bits per heavy atom. The topological polar surface area (TPSA) is 55.4 Å². The van der Waals surface area contributed by atoms with Crippen LogP contribution in [0.1, 0.15) is 24.0 Å². The van der Waals surface area contributed by atoms with E-state index < -0.39 is 0 Å². The number of carbonyl (C=O) groups excluding carboxylic acids is 2. The molecule has 3 aliphatic rings. The minimum absolute atomic E-state index is 0.0169. The average Bonchev–Trinajstić information content (AvgIpc) is 3.02. The second-order valence-corrected chi connectivity index (χ2v) is 6.73. The summed E-state index contributed by atoms with van der Waals surface area (Å²) in [4.78, 5) is 24.6. The first kappa shape index (κ1) is 12.9. The lowest BCUT2D eigenvalue weighted by Gasteiger charge is -2.24. The molecule has 0 spiro atoms. The largest absolute Gasteiger partial charge is 0.462 e. The Balaban J connectivity index is 1.57. The number of esters is 1. The number of carbonyl (C=O) groups is 2. The Bertz CT molecular complexity index is 637. The third-order valence-corrected chi connectivity index (χ3v) is 5.43. The molecule has 1 aliphatic heterocycles. The Morgan fingerprint density at radius 3 is 2.86 bits per heavy atom. The summed E-state index contributed by atoms with van der Waals surface area (Å²) in [6.07, 6.45) is 1.90. The molecule has 2 saturated carbocycles. The van der Waals surface area contributed by atoms with E-state index in [1.807, 2.05) is 26.0 Å². The zero-order chi connectivity index (χ0) is 14.7. The number of hydrogen-bond donors (Lipinski definition) is 1. The number of fused-ring (bicyclic) bond motifs is 1.